The van der Waals surface area contributed by atoms with Crippen LogP contribution in [-0.4, -0.2) is 67.4 Å². The molecule has 2 aromatic carbocycles. The van der Waals surface area contributed by atoms with Crippen molar-refractivity contribution in [2.45, 2.75) is 51.0 Å². The Labute approximate surface area is 237 Å². The summed E-state index contributed by atoms with van der Waals surface area (Å²) in [6.07, 6.45) is 5.53. The summed E-state index contributed by atoms with van der Waals surface area (Å²) in [4.78, 5) is 16.4. The minimum Gasteiger partial charge on any atom is -0.474 e. The lowest BCUT2D eigenvalue weighted by atomic mass is 10.1. The number of likely N-dealkylation sites (tertiary alicyclic amines) is 1. The number of amidine groups is 1. The lowest BCUT2D eigenvalue weighted by molar-refractivity contribution is -0.0592. The van der Waals surface area contributed by atoms with Gasteiger partial charge in [0, 0.05) is 49.0 Å². The first-order valence-electron chi connectivity index (χ1n) is 13.6. The highest BCUT2D eigenvalue weighted by Crippen LogP contribution is 2.25. The third-order valence-corrected chi connectivity index (χ3v) is 7.80. The first-order chi connectivity index (χ1) is 19.5. The van der Waals surface area contributed by atoms with E-state index < -0.39 is 0 Å². The maximum Gasteiger partial charge on any atom is 0.216 e. The fourth-order valence-electron chi connectivity index (χ4n) is 5.23. The molecule has 10 nitrogen and oxygen atoms in total. The predicted molar refractivity (Wildman–Crippen MR) is 152 cm³/mol. The summed E-state index contributed by atoms with van der Waals surface area (Å²) < 4.78 is 14.2. The first kappa shape index (κ1) is 26.5. The zero-order chi connectivity index (χ0) is 27.5. The Balaban J connectivity index is 1.09. The summed E-state index contributed by atoms with van der Waals surface area (Å²) in [6, 6.07) is 15.3. The second kappa shape index (κ2) is 11.8. The number of ether oxygens (including phenoxy) is 2. The Morgan fingerprint density at radius 2 is 1.90 bits per heavy atom. The van der Waals surface area contributed by atoms with Gasteiger partial charge >= 0.3 is 0 Å². The monoisotopic (exact) mass is 561 g/mol. The Bertz CT molecular complexity index is 1500. The standard InChI is InChI=1S/C29H32ClN7O3/c30-21-4-1-19(2-5-21)15-26-32-11-7-28(34-26)40-22-8-12-36(13-9-22)18-27-33-24-16-20(29(31)35-38)3-6-25(24)37(27)17-23-10-14-39-23/h1-7,11,16,22-23,38H,8-10,12-15,17-18H2,(H2,31,35)/t23-/m0/s1. The van der Waals surface area contributed by atoms with Crippen LogP contribution in [0.3, 0.4) is 0 Å². The van der Waals surface area contributed by atoms with Gasteiger partial charge in [0.2, 0.25) is 5.88 Å². The van der Waals surface area contributed by atoms with Gasteiger partial charge in [-0.25, -0.2) is 9.97 Å². The van der Waals surface area contributed by atoms with E-state index in [2.05, 4.69) is 24.6 Å². The fraction of sp³-hybridized carbons (Fsp3) is 0.379. The number of benzene rings is 2. The van der Waals surface area contributed by atoms with Crippen molar-refractivity contribution in [2.75, 3.05) is 19.7 Å². The van der Waals surface area contributed by atoms with Crippen LogP contribution in [0, 0.1) is 0 Å². The number of fused-ring (bicyclic) bond motifs is 1. The maximum atomic E-state index is 9.08. The van der Waals surface area contributed by atoms with E-state index in [-0.39, 0.29) is 18.0 Å². The molecule has 4 heterocycles. The number of aromatic nitrogens is 4. The highest BCUT2D eigenvalue weighted by molar-refractivity contribution is 6.30. The Morgan fingerprint density at radius 1 is 1.10 bits per heavy atom. The normalized spacial score (nSPS) is 18.6. The lowest BCUT2D eigenvalue weighted by Gasteiger charge is -2.32. The van der Waals surface area contributed by atoms with Gasteiger partial charge in [0.25, 0.3) is 0 Å². The largest absolute Gasteiger partial charge is 0.474 e. The summed E-state index contributed by atoms with van der Waals surface area (Å²) in [5.41, 5.74) is 9.42. The topological polar surface area (TPSA) is 124 Å². The molecule has 0 unspecified atom stereocenters. The molecule has 0 saturated carbocycles. The number of piperidine rings is 1. The summed E-state index contributed by atoms with van der Waals surface area (Å²) in [6.45, 7) is 4.09. The number of oxime groups is 1. The van der Waals surface area contributed by atoms with E-state index in [1.165, 1.54) is 0 Å². The highest BCUT2D eigenvalue weighted by Gasteiger charge is 2.26. The molecule has 0 spiro atoms. The van der Waals surface area contributed by atoms with Gasteiger partial charge < -0.3 is 25.0 Å². The number of nitrogens with zero attached hydrogens (tertiary/aromatic N) is 6. The molecule has 0 aliphatic carbocycles. The van der Waals surface area contributed by atoms with Gasteiger partial charge in [-0.1, -0.05) is 28.9 Å². The molecule has 2 saturated heterocycles. The van der Waals surface area contributed by atoms with Crippen molar-refractivity contribution in [1.82, 2.24) is 24.4 Å². The average molecular weight is 562 g/mol. The number of hydrogen-bond acceptors (Lipinski definition) is 8. The van der Waals surface area contributed by atoms with Gasteiger partial charge in [-0.05, 0) is 55.2 Å². The summed E-state index contributed by atoms with van der Waals surface area (Å²) in [5, 5.41) is 12.9. The van der Waals surface area contributed by atoms with Crippen LogP contribution in [0.1, 0.15) is 42.0 Å². The van der Waals surface area contributed by atoms with Crippen molar-refractivity contribution in [3.63, 3.8) is 0 Å². The van der Waals surface area contributed by atoms with Crippen LogP contribution >= 0.6 is 11.6 Å². The van der Waals surface area contributed by atoms with Crippen LogP contribution in [0.2, 0.25) is 5.02 Å². The van der Waals surface area contributed by atoms with Crippen LogP contribution in [0.4, 0.5) is 0 Å². The van der Waals surface area contributed by atoms with Gasteiger partial charge in [-0.3, -0.25) is 4.90 Å². The van der Waals surface area contributed by atoms with Gasteiger partial charge in [0.15, 0.2) is 5.84 Å². The Kier molecular flexibility index (Phi) is 7.81. The summed E-state index contributed by atoms with van der Waals surface area (Å²) >= 11 is 6.00. The lowest BCUT2D eigenvalue weighted by Crippen LogP contribution is -2.39. The van der Waals surface area contributed by atoms with E-state index in [1.807, 2.05) is 48.5 Å². The molecular weight excluding hydrogens is 530 g/mol. The van der Waals surface area contributed by atoms with Crippen molar-refractivity contribution < 1.29 is 14.7 Å². The fourth-order valence-corrected chi connectivity index (χ4v) is 5.35. The van der Waals surface area contributed by atoms with Crippen molar-refractivity contribution in [3.8, 4) is 5.88 Å². The third kappa shape index (κ3) is 6.04. The second-order valence-corrected chi connectivity index (χ2v) is 10.8. The molecule has 2 aromatic heterocycles. The van der Waals surface area contributed by atoms with Crippen molar-refractivity contribution >= 4 is 28.5 Å². The highest BCUT2D eigenvalue weighted by atomic mass is 35.5. The van der Waals surface area contributed by atoms with E-state index in [1.54, 1.807) is 6.20 Å². The first-order valence-corrected chi connectivity index (χ1v) is 14.0. The maximum absolute atomic E-state index is 9.08. The van der Waals surface area contributed by atoms with Crippen molar-refractivity contribution in [3.05, 3.63) is 82.5 Å². The second-order valence-electron chi connectivity index (χ2n) is 10.3. The molecule has 0 bridgehead atoms. The zero-order valence-electron chi connectivity index (χ0n) is 22.1. The van der Waals surface area contributed by atoms with Crippen LogP contribution in [-0.2, 0) is 24.2 Å². The predicted octanol–water partition coefficient (Wildman–Crippen LogP) is 4.00. The van der Waals surface area contributed by atoms with Crippen LogP contribution in [0.15, 0.2) is 59.9 Å². The minimum atomic E-state index is 0.0724. The summed E-state index contributed by atoms with van der Waals surface area (Å²) in [5.74, 6) is 2.40. The molecule has 40 heavy (non-hydrogen) atoms. The third-order valence-electron chi connectivity index (χ3n) is 7.55. The molecule has 1 atom stereocenters. The van der Waals surface area contributed by atoms with Gasteiger partial charge in [0.1, 0.15) is 17.8 Å². The Morgan fingerprint density at radius 3 is 2.62 bits per heavy atom. The molecule has 6 rings (SSSR count). The number of hydrogen-bond donors (Lipinski definition) is 2. The quantitative estimate of drug-likeness (QED) is 0.136. The number of rotatable bonds is 9. The molecule has 3 N–H and O–H groups in total. The smallest absolute Gasteiger partial charge is 0.216 e. The van der Waals surface area contributed by atoms with Crippen LogP contribution < -0.4 is 10.5 Å². The van der Waals surface area contributed by atoms with Crippen LogP contribution in [0.5, 0.6) is 5.88 Å². The summed E-state index contributed by atoms with van der Waals surface area (Å²) in [7, 11) is 0. The van der Waals surface area contributed by atoms with Crippen molar-refractivity contribution in [2.24, 2.45) is 10.9 Å². The van der Waals surface area contributed by atoms with Crippen LogP contribution in [0.25, 0.3) is 11.0 Å². The molecule has 0 amide bonds. The molecule has 2 fully saturated rings. The van der Waals surface area contributed by atoms with E-state index in [9.17, 15) is 0 Å². The molecule has 2 aliphatic rings. The molecule has 208 valence electrons. The SMILES string of the molecule is N/C(=N/O)c1ccc2c(c1)nc(CN1CCC(Oc3ccnc(Cc4ccc(Cl)cc4)n3)CC1)n2C[C@@H]1CCO1. The van der Waals surface area contributed by atoms with Crippen molar-refractivity contribution in [1.29, 1.82) is 0 Å². The minimum absolute atomic E-state index is 0.0724. The van der Waals surface area contributed by atoms with E-state index in [0.717, 1.165) is 80.3 Å². The number of nitrogens with two attached hydrogens (primary N) is 1. The molecule has 11 heteroatoms. The van der Waals surface area contributed by atoms with E-state index in [4.69, 9.17) is 37.0 Å². The molecule has 4 aromatic rings. The average Bonchev–Trinajstić information content (AvgIpc) is 3.28. The molecular formula is C29H32ClN7O3. The molecule has 2 aliphatic heterocycles. The Hall–Kier alpha value is -3.73. The number of imidazole rings is 1. The van der Waals surface area contributed by atoms with Gasteiger partial charge in [-0.2, -0.15) is 4.98 Å². The van der Waals surface area contributed by atoms with E-state index >= 15 is 0 Å². The van der Waals surface area contributed by atoms with Gasteiger partial charge in [0.05, 0.1) is 30.2 Å². The zero-order valence-corrected chi connectivity index (χ0v) is 22.9. The van der Waals surface area contributed by atoms with E-state index in [0.29, 0.717) is 22.9 Å². The number of halogens is 1. The molecule has 0 radical (unpaired) electrons. The van der Waals surface area contributed by atoms with Gasteiger partial charge in [-0.15, -0.1) is 0 Å².